The molecule has 1 aliphatic heterocycles. The number of carbonyl (C=O) groups is 1. The zero-order chi connectivity index (χ0) is 19.5. The summed E-state index contributed by atoms with van der Waals surface area (Å²) >= 11 is 0. The average molecular weight is 380 g/mol. The molecule has 1 saturated heterocycles. The number of halogens is 3. The molecule has 3 rings (SSSR count). The van der Waals surface area contributed by atoms with Crippen molar-refractivity contribution in [1.29, 1.82) is 0 Å². The minimum atomic E-state index is -5.11. The number of alkyl halides is 3. The van der Waals surface area contributed by atoms with Crippen LogP contribution in [0.25, 0.3) is 0 Å². The highest BCUT2D eigenvalue weighted by Gasteiger charge is 2.52. The molecular weight excluding hydrogens is 361 g/mol. The average Bonchev–Trinajstić information content (AvgIpc) is 3.02. The van der Waals surface area contributed by atoms with Crippen LogP contribution in [0.5, 0.6) is 0 Å². The maximum absolute atomic E-state index is 12.8. The predicted octanol–water partition coefficient (Wildman–Crippen LogP) is 3.07. The van der Waals surface area contributed by atoms with Crippen LogP contribution >= 0.6 is 0 Å². The number of hydrogen-bond acceptors (Lipinski definition) is 5. The standard InChI is InChI=1S/C19H19F3N2O3/c1-26-12-18(27-17(25)19(20,21)22)23-15(13-8-4-2-5-9-13)16(24-18)14-10-6-3-7-11-14/h2-11,15-16,23-24H,12H2,1H3. The largest absolute Gasteiger partial charge is 0.491 e. The number of esters is 1. The molecule has 8 heteroatoms. The fourth-order valence-corrected chi connectivity index (χ4v) is 3.17. The zero-order valence-corrected chi connectivity index (χ0v) is 14.5. The fraction of sp³-hybridized carbons (Fsp3) is 0.316. The summed E-state index contributed by atoms with van der Waals surface area (Å²) in [5.74, 6) is -4.11. The second-order valence-corrected chi connectivity index (χ2v) is 6.21. The Kier molecular flexibility index (Phi) is 5.50. The van der Waals surface area contributed by atoms with Gasteiger partial charge in [0.2, 0.25) is 5.85 Å². The third-order valence-corrected chi connectivity index (χ3v) is 4.27. The number of methoxy groups -OCH3 is 1. The van der Waals surface area contributed by atoms with E-state index in [1.54, 1.807) is 0 Å². The van der Waals surface area contributed by atoms with Crippen LogP contribution in [0.3, 0.4) is 0 Å². The molecule has 27 heavy (non-hydrogen) atoms. The summed E-state index contributed by atoms with van der Waals surface area (Å²) in [4.78, 5) is 11.5. The van der Waals surface area contributed by atoms with Gasteiger partial charge in [0, 0.05) is 7.11 Å². The summed E-state index contributed by atoms with van der Waals surface area (Å²) in [5.41, 5.74) is 1.67. The second kappa shape index (κ2) is 7.67. The van der Waals surface area contributed by atoms with E-state index < -0.39 is 30.1 Å². The van der Waals surface area contributed by atoms with E-state index in [4.69, 9.17) is 9.47 Å². The minimum absolute atomic E-state index is 0.304. The Hall–Kier alpha value is -2.42. The van der Waals surface area contributed by atoms with E-state index in [0.717, 1.165) is 11.1 Å². The Morgan fingerprint density at radius 2 is 1.41 bits per heavy atom. The molecule has 2 atom stereocenters. The van der Waals surface area contributed by atoms with E-state index >= 15 is 0 Å². The highest BCUT2D eigenvalue weighted by atomic mass is 19.4. The lowest BCUT2D eigenvalue weighted by Crippen LogP contribution is -2.58. The Balaban J connectivity index is 1.98. The van der Waals surface area contributed by atoms with Crippen molar-refractivity contribution in [3.05, 3.63) is 71.8 Å². The van der Waals surface area contributed by atoms with E-state index in [1.165, 1.54) is 7.11 Å². The quantitative estimate of drug-likeness (QED) is 0.781. The van der Waals surface area contributed by atoms with Crippen molar-refractivity contribution in [1.82, 2.24) is 10.6 Å². The van der Waals surface area contributed by atoms with Gasteiger partial charge in [-0.05, 0) is 11.1 Å². The smallest absolute Gasteiger partial charge is 0.421 e. The molecule has 2 aromatic rings. The molecule has 0 radical (unpaired) electrons. The van der Waals surface area contributed by atoms with Crippen molar-refractivity contribution in [3.8, 4) is 0 Å². The van der Waals surface area contributed by atoms with Gasteiger partial charge < -0.3 is 9.47 Å². The number of nitrogens with one attached hydrogen (secondary N) is 2. The lowest BCUT2D eigenvalue weighted by atomic mass is 9.95. The molecule has 0 bridgehead atoms. The molecule has 5 nitrogen and oxygen atoms in total. The first-order valence-electron chi connectivity index (χ1n) is 8.29. The van der Waals surface area contributed by atoms with Gasteiger partial charge in [-0.15, -0.1) is 0 Å². The normalized spacial score (nSPS) is 25.3. The van der Waals surface area contributed by atoms with Gasteiger partial charge in [0.25, 0.3) is 0 Å². The van der Waals surface area contributed by atoms with Crippen molar-refractivity contribution >= 4 is 5.97 Å². The first-order valence-corrected chi connectivity index (χ1v) is 8.29. The number of carbonyl (C=O) groups excluding carboxylic acids is 1. The van der Waals surface area contributed by atoms with Gasteiger partial charge in [-0.1, -0.05) is 60.7 Å². The van der Waals surface area contributed by atoms with E-state index in [-0.39, 0.29) is 6.61 Å². The monoisotopic (exact) mass is 380 g/mol. The lowest BCUT2D eigenvalue weighted by Gasteiger charge is -2.29. The molecular formula is C19H19F3N2O3. The molecule has 1 aliphatic rings. The van der Waals surface area contributed by atoms with Crippen LogP contribution in [0.15, 0.2) is 60.7 Å². The van der Waals surface area contributed by atoms with Crippen LogP contribution in [0.1, 0.15) is 23.2 Å². The van der Waals surface area contributed by atoms with E-state index in [0.29, 0.717) is 0 Å². The van der Waals surface area contributed by atoms with Crippen molar-refractivity contribution in [2.24, 2.45) is 0 Å². The van der Waals surface area contributed by atoms with Gasteiger partial charge in [0.1, 0.15) is 6.61 Å². The Morgan fingerprint density at radius 3 is 1.78 bits per heavy atom. The van der Waals surface area contributed by atoms with Crippen molar-refractivity contribution in [2.45, 2.75) is 24.1 Å². The number of benzene rings is 2. The van der Waals surface area contributed by atoms with Crippen molar-refractivity contribution in [2.75, 3.05) is 13.7 Å². The highest BCUT2D eigenvalue weighted by Crippen LogP contribution is 2.38. The lowest BCUT2D eigenvalue weighted by molar-refractivity contribution is -0.223. The van der Waals surface area contributed by atoms with E-state index in [2.05, 4.69) is 10.6 Å². The molecule has 2 aromatic carbocycles. The molecule has 0 aliphatic carbocycles. The van der Waals surface area contributed by atoms with E-state index in [9.17, 15) is 18.0 Å². The van der Waals surface area contributed by atoms with Crippen molar-refractivity contribution < 1.29 is 27.4 Å². The van der Waals surface area contributed by atoms with Gasteiger partial charge in [0.05, 0.1) is 12.1 Å². The topological polar surface area (TPSA) is 59.6 Å². The molecule has 0 spiro atoms. The first kappa shape index (κ1) is 19.3. The summed E-state index contributed by atoms with van der Waals surface area (Å²) in [6.45, 7) is -0.304. The van der Waals surface area contributed by atoms with Gasteiger partial charge in [0.15, 0.2) is 0 Å². The van der Waals surface area contributed by atoms with Crippen LogP contribution in [-0.2, 0) is 14.3 Å². The Morgan fingerprint density at radius 1 is 0.963 bits per heavy atom. The fourth-order valence-electron chi connectivity index (χ4n) is 3.17. The second-order valence-electron chi connectivity index (χ2n) is 6.21. The molecule has 0 amide bonds. The summed E-state index contributed by atoms with van der Waals surface area (Å²) < 4.78 is 48.2. The van der Waals surface area contributed by atoms with Crippen LogP contribution < -0.4 is 10.6 Å². The summed E-state index contributed by atoms with van der Waals surface area (Å²) in [6, 6.07) is 17.5. The maximum atomic E-state index is 12.8. The Labute approximate surface area is 154 Å². The van der Waals surface area contributed by atoms with Crippen LogP contribution in [0.4, 0.5) is 13.2 Å². The molecule has 144 valence electrons. The predicted molar refractivity (Wildman–Crippen MR) is 91.4 cm³/mol. The highest BCUT2D eigenvalue weighted by molar-refractivity contribution is 5.76. The molecule has 0 saturated carbocycles. The van der Waals surface area contributed by atoms with Crippen LogP contribution in [-0.4, -0.2) is 31.7 Å². The summed E-state index contributed by atoms with van der Waals surface area (Å²) in [7, 11) is 1.32. The minimum Gasteiger partial charge on any atom is -0.421 e. The summed E-state index contributed by atoms with van der Waals surface area (Å²) in [6.07, 6.45) is -5.11. The van der Waals surface area contributed by atoms with Crippen molar-refractivity contribution in [3.63, 3.8) is 0 Å². The SMILES string of the molecule is COCC1(OC(=O)C(F)(F)F)NC(c2ccccc2)C(c2ccccc2)N1. The zero-order valence-electron chi connectivity index (χ0n) is 14.5. The third-order valence-electron chi connectivity index (χ3n) is 4.27. The molecule has 1 heterocycles. The number of hydrogen-bond donors (Lipinski definition) is 2. The summed E-state index contributed by atoms with van der Waals surface area (Å²) in [5, 5.41) is 5.99. The third kappa shape index (κ3) is 4.29. The molecule has 2 N–H and O–H groups in total. The van der Waals surface area contributed by atoms with Gasteiger partial charge in [-0.3, -0.25) is 10.6 Å². The molecule has 0 aromatic heterocycles. The molecule has 2 unspecified atom stereocenters. The molecule has 1 fully saturated rings. The van der Waals surface area contributed by atoms with Crippen LogP contribution in [0.2, 0.25) is 0 Å². The van der Waals surface area contributed by atoms with E-state index in [1.807, 2.05) is 60.7 Å². The Bertz CT molecular complexity index is 721. The van der Waals surface area contributed by atoms with Gasteiger partial charge in [-0.2, -0.15) is 13.2 Å². The van der Waals surface area contributed by atoms with Gasteiger partial charge in [-0.25, -0.2) is 4.79 Å². The number of rotatable bonds is 5. The van der Waals surface area contributed by atoms with Crippen LogP contribution in [0, 0.1) is 0 Å². The van der Waals surface area contributed by atoms with Gasteiger partial charge >= 0.3 is 12.1 Å². The maximum Gasteiger partial charge on any atom is 0.491 e. The number of ether oxygens (including phenoxy) is 2. The first-order chi connectivity index (χ1) is 12.8.